The van der Waals surface area contributed by atoms with Crippen molar-refractivity contribution in [3.8, 4) is 0 Å². The molecular weight excluding hydrogens is 288 g/mol. The Hall–Kier alpha value is -0.910. The molecule has 0 radical (unpaired) electrons. The number of likely N-dealkylation sites (tertiary alicyclic amines) is 1. The van der Waals surface area contributed by atoms with Gasteiger partial charge in [0.15, 0.2) is 5.89 Å². The third-order valence-electron chi connectivity index (χ3n) is 5.95. The van der Waals surface area contributed by atoms with Gasteiger partial charge in [0.25, 0.3) is 0 Å². The van der Waals surface area contributed by atoms with Crippen molar-refractivity contribution < 1.29 is 4.42 Å². The van der Waals surface area contributed by atoms with Crippen LogP contribution >= 0.6 is 0 Å². The first kappa shape index (κ1) is 15.6. The average molecular weight is 318 g/mol. The molecule has 2 aliphatic heterocycles. The van der Waals surface area contributed by atoms with Crippen LogP contribution in [0.1, 0.15) is 43.7 Å². The van der Waals surface area contributed by atoms with Crippen LogP contribution in [0.25, 0.3) is 0 Å². The molecule has 1 aromatic rings. The molecule has 0 aromatic carbocycles. The summed E-state index contributed by atoms with van der Waals surface area (Å²) in [7, 11) is 0. The van der Waals surface area contributed by atoms with Crippen LogP contribution in [0.5, 0.6) is 0 Å². The van der Waals surface area contributed by atoms with Crippen LogP contribution in [-0.2, 0) is 6.54 Å². The van der Waals surface area contributed by atoms with Gasteiger partial charge in [0.05, 0.1) is 5.69 Å². The van der Waals surface area contributed by atoms with E-state index in [0.29, 0.717) is 0 Å². The first-order valence-corrected chi connectivity index (χ1v) is 9.39. The molecule has 1 saturated carbocycles. The fourth-order valence-electron chi connectivity index (χ4n) is 4.53. The molecule has 3 heterocycles. The van der Waals surface area contributed by atoms with Crippen molar-refractivity contribution in [2.24, 2.45) is 0 Å². The summed E-state index contributed by atoms with van der Waals surface area (Å²) in [5.74, 6) is 0.774. The quantitative estimate of drug-likeness (QED) is 0.850. The zero-order chi connectivity index (χ0) is 15.6. The van der Waals surface area contributed by atoms with E-state index in [1.165, 1.54) is 71.4 Å². The predicted octanol–water partition coefficient (Wildman–Crippen LogP) is 2.12. The Labute approximate surface area is 139 Å². The van der Waals surface area contributed by atoms with Crippen molar-refractivity contribution in [3.63, 3.8) is 0 Å². The van der Waals surface area contributed by atoms with Crippen LogP contribution in [0.2, 0.25) is 0 Å². The summed E-state index contributed by atoms with van der Waals surface area (Å²) in [6, 6.07) is 1.65. The molecule has 2 saturated heterocycles. The second kappa shape index (κ2) is 6.91. The molecule has 0 atom stereocenters. The maximum absolute atomic E-state index is 5.29. The summed E-state index contributed by atoms with van der Waals surface area (Å²) in [6.07, 6.45) is 9.03. The Kier molecular flexibility index (Phi) is 4.69. The summed E-state index contributed by atoms with van der Waals surface area (Å²) in [5.41, 5.74) is 1.07. The lowest BCUT2D eigenvalue weighted by Gasteiger charge is -2.49. The second-order valence-corrected chi connectivity index (χ2v) is 7.57. The van der Waals surface area contributed by atoms with E-state index in [-0.39, 0.29) is 0 Å². The fourth-order valence-corrected chi connectivity index (χ4v) is 4.53. The molecule has 0 bridgehead atoms. The number of aromatic nitrogens is 1. The lowest BCUT2D eigenvalue weighted by atomic mass is 9.93. The Bertz CT molecular complexity index is 497. The molecule has 0 amide bonds. The minimum atomic E-state index is 0.761. The summed E-state index contributed by atoms with van der Waals surface area (Å²) >= 11 is 0. The van der Waals surface area contributed by atoms with Gasteiger partial charge in [-0.3, -0.25) is 14.7 Å². The second-order valence-electron chi connectivity index (χ2n) is 7.57. The van der Waals surface area contributed by atoms with Crippen molar-refractivity contribution in [1.82, 2.24) is 19.7 Å². The van der Waals surface area contributed by atoms with E-state index in [2.05, 4.69) is 19.7 Å². The molecule has 1 aromatic heterocycles. The van der Waals surface area contributed by atoms with Gasteiger partial charge in [-0.15, -0.1) is 0 Å². The van der Waals surface area contributed by atoms with Crippen LogP contribution in [0, 0.1) is 6.92 Å². The van der Waals surface area contributed by atoms with Gasteiger partial charge < -0.3 is 4.42 Å². The predicted molar refractivity (Wildman–Crippen MR) is 90.3 cm³/mol. The molecular formula is C18H30N4O. The highest BCUT2D eigenvalue weighted by Crippen LogP contribution is 2.25. The van der Waals surface area contributed by atoms with Crippen LogP contribution < -0.4 is 0 Å². The molecule has 1 aliphatic carbocycles. The average Bonchev–Trinajstić information content (AvgIpc) is 2.97. The summed E-state index contributed by atoms with van der Waals surface area (Å²) in [4.78, 5) is 12.4. The van der Waals surface area contributed by atoms with Crippen LogP contribution in [-0.4, -0.2) is 71.0 Å². The van der Waals surface area contributed by atoms with Crippen molar-refractivity contribution in [2.45, 2.75) is 57.7 Å². The van der Waals surface area contributed by atoms with Gasteiger partial charge in [0, 0.05) is 64.8 Å². The van der Waals surface area contributed by atoms with E-state index in [1.54, 1.807) is 6.26 Å². The zero-order valence-electron chi connectivity index (χ0n) is 14.4. The molecule has 0 N–H and O–H groups in total. The number of hydrogen-bond donors (Lipinski definition) is 0. The summed E-state index contributed by atoms with van der Waals surface area (Å²) in [5, 5.41) is 0. The molecule has 0 unspecified atom stereocenters. The van der Waals surface area contributed by atoms with Crippen molar-refractivity contribution in [1.29, 1.82) is 0 Å². The van der Waals surface area contributed by atoms with Crippen molar-refractivity contribution in [3.05, 3.63) is 17.8 Å². The van der Waals surface area contributed by atoms with Crippen molar-refractivity contribution in [2.75, 3.05) is 39.3 Å². The smallest absolute Gasteiger partial charge is 0.191 e. The Morgan fingerprint density at radius 1 is 1.00 bits per heavy atom. The van der Waals surface area contributed by atoms with E-state index in [9.17, 15) is 0 Å². The minimum Gasteiger partial charge on any atom is -0.449 e. The molecule has 5 heteroatoms. The number of aryl methyl sites for hydroxylation is 1. The Balaban J connectivity index is 1.18. The molecule has 3 aliphatic rings. The number of hydrogen-bond acceptors (Lipinski definition) is 5. The Morgan fingerprint density at radius 3 is 2.26 bits per heavy atom. The highest BCUT2D eigenvalue weighted by Gasteiger charge is 2.34. The molecule has 5 nitrogen and oxygen atoms in total. The van der Waals surface area contributed by atoms with E-state index in [1.807, 2.05) is 6.92 Å². The highest BCUT2D eigenvalue weighted by atomic mass is 16.3. The van der Waals surface area contributed by atoms with E-state index in [4.69, 9.17) is 4.42 Å². The van der Waals surface area contributed by atoms with Crippen molar-refractivity contribution >= 4 is 0 Å². The highest BCUT2D eigenvalue weighted by molar-refractivity contribution is 4.99. The van der Waals surface area contributed by atoms with E-state index < -0.39 is 0 Å². The molecule has 4 rings (SSSR count). The summed E-state index contributed by atoms with van der Waals surface area (Å²) in [6.45, 7) is 10.3. The van der Waals surface area contributed by atoms with E-state index >= 15 is 0 Å². The van der Waals surface area contributed by atoms with Gasteiger partial charge in [-0.2, -0.15) is 0 Å². The van der Waals surface area contributed by atoms with Gasteiger partial charge in [-0.1, -0.05) is 19.3 Å². The lowest BCUT2D eigenvalue weighted by Crippen LogP contribution is -2.63. The monoisotopic (exact) mass is 318 g/mol. The third kappa shape index (κ3) is 3.62. The van der Waals surface area contributed by atoms with Gasteiger partial charge in [-0.25, -0.2) is 4.98 Å². The maximum atomic E-state index is 5.29. The normalized spacial score (nSPS) is 26.5. The largest absolute Gasteiger partial charge is 0.449 e. The van der Waals surface area contributed by atoms with Gasteiger partial charge in [-0.05, 0) is 12.8 Å². The standard InChI is InChI=1S/C18H30N4O/c1-15-19-16(14-23-15)11-20-12-18(13-20)22-9-7-21(8-10-22)17-5-3-2-4-6-17/h14,17-18H,2-13H2,1H3. The fraction of sp³-hybridized carbons (Fsp3) is 0.833. The number of oxazole rings is 1. The van der Waals surface area contributed by atoms with Gasteiger partial charge in [0.1, 0.15) is 6.26 Å². The molecule has 23 heavy (non-hydrogen) atoms. The molecule has 0 spiro atoms. The number of nitrogens with zero attached hydrogens (tertiary/aromatic N) is 4. The van der Waals surface area contributed by atoms with Gasteiger partial charge in [0.2, 0.25) is 0 Å². The van der Waals surface area contributed by atoms with E-state index in [0.717, 1.165) is 30.2 Å². The number of piperazine rings is 1. The third-order valence-corrected chi connectivity index (χ3v) is 5.95. The molecule has 3 fully saturated rings. The summed E-state index contributed by atoms with van der Waals surface area (Å²) < 4.78 is 5.29. The SMILES string of the molecule is Cc1nc(CN2CC(N3CCN(C4CCCCC4)CC3)C2)co1. The first-order chi connectivity index (χ1) is 11.3. The van der Waals surface area contributed by atoms with Crippen LogP contribution in [0.3, 0.4) is 0 Å². The van der Waals surface area contributed by atoms with Crippen LogP contribution in [0.4, 0.5) is 0 Å². The first-order valence-electron chi connectivity index (χ1n) is 9.39. The minimum absolute atomic E-state index is 0.761. The molecule has 128 valence electrons. The van der Waals surface area contributed by atoms with Crippen LogP contribution in [0.15, 0.2) is 10.7 Å². The Morgan fingerprint density at radius 2 is 1.65 bits per heavy atom. The number of rotatable bonds is 4. The van der Waals surface area contributed by atoms with Gasteiger partial charge >= 0.3 is 0 Å². The topological polar surface area (TPSA) is 35.8 Å². The zero-order valence-corrected chi connectivity index (χ0v) is 14.4. The maximum Gasteiger partial charge on any atom is 0.191 e. The lowest BCUT2D eigenvalue weighted by molar-refractivity contribution is -0.0108.